The number of nitrogens with zero attached hydrogens (tertiary/aromatic N) is 2. The molecule has 0 spiro atoms. The summed E-state index contributed by atoms with van der Waals surface area (Å²) in [6, 6.07) is 55.1. The summed E-state index contributed by atoms with van der Waals surface area (Å²) in [6.45, 7) is 2.19. The van der Waals surface area contributed by atoms with Crippen molar-refractivity contribution in [2.45, 2.75) is 18.8 Å². The standard InChI is InChI=1S/C43H33BN2O2/c1-2-29-20-23-34(24-21-29)43(33-14-7-4-8-15-33)37-17-10-9-16-35(37)36-25-22-31(26-38(36)43)32-27-40(30-12-5-3-6-13-30)45-41(28-32)39-18-11-19-42(46-39)44(47)48/h3-28,47-48H,2H2,1H3. The maximum atomic E-state index is 9.86. The summed E-state index contributed by atoms with van der Waals surface area (Å²) in [6.07, 6.45) is 0.985. The lowest BCUT2D eigenvalue weighted by Gasteiger charge is -2.34. The predicted octanol–water partition coefficient (Wildman–Crippen LogP) is 8.08. The van der Waals surface area contributed by atoms with E-state index in [1.54, 1.807) is 12.1 Å². The highest BCUT2D eigenvalue weighted by atomic mass is 16.4. The van der Waals surface area contributed by atoms with Gasteiger partial charge >= 0.3 is 7.12 Å². The van der Waals surface area contributed by atoms with Gasteiger partial charge in [-0.1, -0.05) is 134 Å². The molecule has 230 valence electrons. The molecule has 7 aromatic rings. The Morgan fingerprint density at radius 3 is 1.92 bits per heavy atom. The third-order valence-electron chi connectivity index (χ3n) is 9.57. The van der Waals surface area contributed by atoms with Crippen LogP contribution in [0.15, 0.2) is 158 Å². The molecule has 4 nitrogen and oxygen atoms in total. The molecule has 2 N–H and O–H groups in total. The van der Waals surface area contributed by atoms with Gasteiger partial charge in [0.2, 0.25) is 0 Å². The minimum absolute atomic E-state index is 0.179. The van der Waals surface area contributed by atoms with Crippen LogP contribution >= 0.6 is 0 Å². The smallest absolute Gasteiger partial charge is 0.422 e. The second-order valence-corrected chi connectivity index (χ2v) is 12.3. The lowest BCUT2D eigenvalue weighted by atomic mass is 9.67. The fourth-order valence-corrected chi connectivity index (χ4v) is 7.25. The van der Waals surface area contributed by atoms with E-state index in [2.05, 4.69) is 127 Å². The van der Waals surface area contributed by atoms with E-state index in [-0.39, 0.29) is 5.59 Å². The average molecular weight is 621 g/mol. The molecule has 0 saturated heterocycles. The van der Waals surface area contributed by atoms with Crippen LogP contribution in [-0.4, -0.2) is 27.1 Å². The van der Waals surface area contributed by atoms with Gasteiger partial charge in [0.25, 0.3) is 0 Å². The topological polar surface area (TPSA) is 66.2 Å². The van der Waals surface area contributed by atoms with E-state index in [0.717, 1.165) is 28.8 Å². The molecule has 8 rings (SSSR count). The van der Waals surface area contributed by atoms with E-state index >= 15 is 0 Å². The molecule has 2 heterocycles. The third kappa shape index (κ3) is 4.96. The van der Waals surface area contributed by atoms with E-state index in [1.165, 1.54) is 38.9 Å². The van der Waals surface area contributed by atoms with Gasteiger partial charge in [-0.2, -0.15) is 0 Å². The van der Waals surface area contributed by atoms with Crippen LogP contribution in [0.3, 0.4) is 0 Å². The molecule has 1 atom stereocenters. The monoisotopic (exact) mass is 620 g/mol. The van der Waals surface area contributed by atoms with Crippen LogP contribution in [0.5, 0.6) is 0 Å². The van der Waals surface area contributed by atoms with Crippen molar-refractivity contribution in [3.05, 3.63) is 186 Å². The molecule has 1 aliphatic carbocycles. The average Bonchev–Trinajstić information content (AvgIpc) is 3.46. The molecule has 5 aromatic carbocycles. The van der Waals surface area contributed by atoms with Crippen LogP contribution in [-0.2, 0) is 11.8 Å². The second-order valence-electron chi connectivity index (χ2n) is 12.3. The van der Waals surface area contributed by atoms with Crippen LogP contribution in [0.25, 0.3) is 44.9 Å². The van der Waals surface area contributed by atoms with E-state index in [0.29, 0.717) is 11.4 Å². The summed E-state index contributed by atoms with van der Waals surface area (Å²) < 4.78 is 0. The van der Waals surface area contributed by atoms with E-state index < -0.39 is 12.5 Å². The summed E-state index contributed by atoms with van der Waals surface area (Å²) in [5.74, 6) is 0. The Hall–Kier alpha value is -5.62. The lowest BCUT2D eigenvalue weighted by Crippen LogP contribution is -2.32. The Bertz CT molecular complexity index is 2250. The molecule has 0 fully saturated rings. The van der Waals surface area contributed by atoms with Crippen LogP contribution in [0.4, 0.5) is 0 Å². The molecular weight excluding hydrogens is 587 g/mol. The fourth-order valence-electron chi connectivity index (χ4n) is 7.25. The summed E-state index contributed by atoms with van der Waals surface area (Å²) in [7, 11) is -1.67. The van der Waals surface area contributed by atoms with E-state index in [1.807, 2.05) is 30.3 Å². The molecular formula is C43H33BN2O2. The van der Waals surface area contributed by atoms with Gasteiger partial charge in [-0.05, 0) is 86.8 Å². The highest BCUT2D eigenvalue weighted by Gasteiger charge is 2.46. The molecule has 0 bridgehead atoms. The van der Waals surface area contributed by atoms with Crippen LogP contribution in [0.2, 0.25) is 0 Å². The van der Waals surface area contributed by atoms with E-state index in [9.17, 15) is 10.0 Å². The minimum atomic E-state index is -1.67. The number of aromatic nitrogens is 2. The predicted molar refractivity (Wildman–Crippen MR) is 195 cm³/mol. The van der Waals surface area contributed by atoms with Gasteiger partial charge in [0.1, 0.15) is 0 Å². The van der Waals surface area contributed by atoms with Crippen molar-refractivity contribution in [1.29, 1.82) is 0 Å². The lowest BCUT2D eigenvalue weighted by molar-refractivity contribution is 0.424. The molecule has 5 heteroatoms. The van der Waals surface area contributed by atoms with Crippen molar-refractivity contribution >= 4 is 12.7 Å². The maximum Gasteiger partial charge on any atom is 0.508 e. The fraction of sp³-hybridized carbons (Fsp3) is 0.0698. The van der Waals surface area contributed by atoms with Crippen molar-refractivity contribution in [2.24, 2.45) is 0 Å². The van der Waals surface area contributed by atoms with Crippen LogP contribution < -0.4 is 5.59 Å². The number of aryl methyl sites for hydroxylation is 1. The van der Waals surface area contributed by atoms with Crippen molar-refractivity contribution in [3.63, 3.8) is 0 Å². The van der Waals surface area contributed by atoms with Crippen LogP contribution in [0.1, 0.15) is 34.7 Å². The molecule has 0 aliphatic heterocycles. The SMILES string of the molecule is CCc1ccc(C2(c3ccccc3)c3ccccc3-c3ccc(-c4cc(-c5ccccc5)nc(-c5cccc(B(O)O)n5)c4)cc32)cc1. The van der Waals surface area contributed by atoms with Crippen molar-refractivity contribution in [3.8, 4) is 44.9 Å². The summed E-state index contributed by atoms with van der Waals surface area (Å²) >= 11 is 0. The second kappa shape index (κ2) is 12.2. The molecule has 1 unspecified atom stereocenters. The number of fused-ring (bicyclic) bond motifs is 3. The molecule has 1 aliphatic rings. The summed E-state index contributed by atoms with van der Waals surface area (Å²) in [4.78, 5) is 9.57. The first-order valence-corrected chi connectivity index (χ1v) is 16.4. The van der Waals surface area contributed by atoms with E-state index in [4.69, 9.17) is 4.98 Å². The molecule has 0 saturated carbocycles. The Labute approximate surface area is 281 Å². The molecule has 2 aromatic heterocycles. The maximum absolute atomic E-state index is 9.86. The Morgan fingerprint density at radius 2 is 1.17 bits per heavy atom. The normalized spacial score (nSPS) is 14.7. The third-order valence-corrected chi connectivity index (χ3v) is 9.57. The minimum Gasteiger partial charge on any atom is -0.422 e. The van der Waals surface area contributed by atoms with Gasteiger partial charge in [-0.3, -0.25) is 4.98 Å². The molecule has 0 radical (unpaired) electrons. The van der Waals surface area contributed by atoms with Crippen molar-refractivity contribution < 1.29 is 10.0 Å². The van der Waals surface area contributed by atoms with Crippen LogP contribution in [0, 0.1) is 0 Å². The first kappa shape index (κ1) is 29.8. The van der Waals surface area contributed by atoms with Gasteiger partial charge in [-0.25, -0.2) is 4.98 Å². The zero-order valence-electron chi connectivity index (χ0n) is 26.6. The van der Waals surface area contributed by atoms with Gasteiger partial charge in [-0.15, -0.1) is 0 Å². The number of rotatable bonds is 7. The molecule has 0 amide bonds. The Balaban J connectivity index is 1.39. The van der Waals surface area contributed by atoms with Gasteiger partial charge in [0, 0.05) is 5.56 Å². The number of hydrogen-bond acceptors (Lipinski definition) is 4. The van der Waals surface area contributed by atoms with Gasteiger partial charge in [0.05, 0.1) is 28.1 Å². The number of hydrogen-bond donors (Lipinski definition) is 2. The summed E-state index contributed by atoms with van der Waals surface area (Å²) in [5, 5.41) is 19.7. The highest BCUT2D eigenvalue weighted by Crippen LogP contribution is 2.56. The largest absolute Gasteiger partial charge is 0.508 e. The zero-order chi connectivity index (χ0) is 32.7. The Morgan fingerprint density at radius 1 is 0.500 bits per heavy atom. The van der Waals surface area contributed by atoms with Crippen molar-refractivity contribution in [2.75, 3.05) is 0 Å². The van der Waals surface area contributed by atoms with Gasteiger partial charge < -0.3 is 10.0 Å². The molecule has 48 heavy (non-hydrogen) atoms. The first-order chi connectivity index (χ1) is 23.6. The Kier molecular flexibility index (Phi) is 7.56. The number of pyridine rings is 2. The zero-order valence-corrected chi connectivity index (χ0v) is 26.6. The van der Waals surface area contributed by atoms with Gasteiger partial charge in [0.15, 0.2) is 0 Å². The first-order valence-electron chi connectivity index (χ1n) is 16.4. The summed E-state index contributed by atoms with van der Waals surface area (Å²) in [5.41, 5.74) is 13.5. The van der Waals surface area contributed by atoms with Crippen molar-refractivity contribution in [1.82, 2.24) is 9.97 Å². The quantitative estimate of drug-likeness (QED) is 0.177. The highest BCUT2D eigenvalue weighted by molar-refractivity contribution is 6.57. The number of benzene rings is 5.